The molecule has 0 bridgehead atoms. The Morgan fingerprint density at radius 3 is 2.00 bits per heavy atom. The van der Waals surface area contributed by atoms with E-state index in [0.29, 0.717) is 0 Å². The van der Waals surface area contributed by atoms with Crippen LogP contribution >= 0.6 is 0 Å². The summed E-state index contributed by atoms with van der Waals surface area (Å²) in [7, 11) is 0. The molecule has 0 aromatic heterocycles. The fourth-order valence-electron chi connectivity index (χ4n) is 0.0722. The van der Waals surface area contributed by atoms with Crippen LogP contribution in [0.3, 0.4) is 0 Å². The Labute approximate surface area is 60.9 Å². The van der Waals surface area contributed by atoms with Gasteiger partial charge in [-0.05, 0) is 0 Å². The van der Waals surface area contributed by atoms with Crippen LogP contribution in [0.4, 0.5) is 0 Å². The molecule has 7 heavy (non-hydrogen) atoms. The molecule has 0 saturated carbocycles. The van der Waals surface area contributed by atoms with E-state index < -0.39 is 0 Å². The molecule has 41 valence electrons. The van der Waals surface area contributed by atoms with E-state index in [0.717, 1.165) is 6.42 Å². The Morgan fingerprint density at radius 2 is 2.00 bits per heavy atom. The molecule has 0 aromatic carbocycles. The molecular formula is C5H11OZr. The van der Waals surface area contributed by atoms with Gasteiger partial charge in [0.1, 0.15) is 0 Å². The van der Waals surface area contributed by atoms with Gasteiger partial charge in [-0.1, -0.05) is 0 Å². The van der Waals surface area contributed by atoms with Gasteiger partial charge in [-0.15, -0.1) is 0 Å². The maximum atomic E-state index is 5.18. The third-order valence-corrected chi connectivity index (χ3v) is 2.49. The van der Waals surface area contributed by atoms with Crippen molar-refractivity contribution in [1.82, 2.24) is 0 Å². The monoisotopic (exact) mass is 177 g/mol. The maximum absolute atomic E-state index is 5.18. The van der Waals surface area contributed by atoms with E-state index in [1.54, 1.807) is 0 Å². The first-order chi connectivity index (χ1) is 3.12. The van der Waals surface area contributed by atoms with E-state index in [1.165, 1.54) is 25.2 Å². The molecule has 1 nitrogen and oxygen atoms in total. The van der Waals surface area contributed by atoms with Crippen LogP contribution < -0.4 is 0 Å². The molecule has 0 saturated heterocycles. The second-order valence-corrected chi connectivity index (χ2v) is 2.72. The van der Waals surface area contributed by atoms with Crippen LogP contribution in [0.15, 0.2) is 0 Å². The molecule has 0 aliphatic heterocycles. The summed E-state index contributed by atoms with van der Waals surface area (Å²) in [6, 6.07) is 0. The predicted molar refractivity (Wildman–Crippen MR) is 25.5 cm³/mol. The van der Waals surface area contributed by atoms with E-state index in [4.69, 9.17) is 2.81 Å². The van der Waals surface area contributed by atoms with Crippen molar-refractivity contribution in [3.8, 4) is 0 Å². The van der Waals surface area contributed by atoms with Crippen molar-refractivity contribution in [1.29, 1.82) is 0 Å². The van der Waals surface area contributed by atoms with Gasteiger partial charge in [-0.25, -0.2) is 0 Å². The van der Waals surface area contributed by atoms with Crippen molar-refractivity contribution < 1.29 is 28.0 Å². The van der Waals surface area contributed by atoms with Gasteiger partial charge in [0.25, 0.3) is 0 Å². The van der Waals surface area contributed by atoms with Crippen molar-refractivity contribution >= 4 is 0 Å². The van der Waals surface area contributed by atoms with Crippen molar-refractivity contribution in [2.24, 2.45) is 0 Å². The van der Waals surface area contributed by atoms with Gasteiger partial charge in [0.15, 0.2) is 0 Å². The fourth-order valence-corrected chi connectivity index (χ4v) is 0.427. The van der Waals surface area contributed by atoms with E-state index in [-0.39, 0.29) is 5.60 Å². The molecular weight excluding hydrogens is 167 g/mol. The van der Waals surface area contributed by atoms with Gasteiger partial charge >= 0.3 is 60.8 Å². The molecule has 2 heteroatoms. The summed E-state index contributed by atoms with van der Waals surface area (Å²) in [5.41, 5.74) is 0.123. The second kappa shape index (κ2) is 2.99. The Hall–Kier alpha value is 0.843. The van der Waals surface area contributed by atoms with Gasteiger partial charge in [0.05, 0.1) is 0 Å². The first kappa shape index (κ1) is 7.84. The molecule has 0 unspecified atom stereocenters. The van der Waals surface area contributed by atoms with Gasteiger partial charge < -0.3 is 0 Å². The third kappa shape index (κ3) is 3.43. The fraction of sp³-hybridized carbons (Fsp3) is 1.00. The second-order valence-electron chi connectivity index (χ2n) is 2.22. The Bertz CT molecular complexity index is 46.0. The molecule has 0 aliphatic rings. The number of hydrogen-bond donors (Lipinski definition) is 0. The molecule has 0 fully saturated rings. The Balaban J connectivity index is 3.36. The summed E-state index contributed by atoms with van der Waals surface area (Å²) in [4.78, 5) is 0. The van der Waals surface area contributed by atoms with Crippen molar-refractivity contribution in [3.63, 3.8) is 0 Å². The van der Waals surface area contributed by atoms with Crippen LogP contribution in [0, 0.1) is 0 Å². The zero-order valence-electron chi connectivity index (χ0n) is 5.12. The van der Waals surface area contributed by atoms with Crippen LogP contribution in [-0.4, -0.2) is 5.60 Å². The van der Waals surface area contributed by atoms with Crippen LogP contribution in [-0.2, 0) is 28.0 Å². The van der Waals surface area contributed by atoms with Gasteiger partial charge in [-0.2, -0.15) is 0 Å². The van der Waals surface area contributed by atoms with Crippen LogP contribution in [0.5, 0.6) is 0 Å². The van der Waals surface area contributed by atoms with Gasteiger partial charge in [0, 0.05) is 0 Å². The minimum atomic E-state index is 0.123. The zero-order valence-corrected chi connectivity index (χ0v) is 7.57. The van der Waals surface area contributed by atoms with E-state index >= 15 is 0 Å². The van der Waals surface area contributed by atoms with E-state index in [2.05, 4.69) is 20.8 Å². The molecule has 0 heterocycles. The molecule has 0 rings (SSSR count). The molecule has 0 amide bonds. The van der Waals surface area contributed by atoms with Crippen LogP contribution in [0.1, 0.15) is 27.2 Å². The number of rotatable bonds is 2. The summed E-state index contributed by atoms with van der Waals surface area (Å²) in [5.74, 6) is 0. The van der Waals surface area contributed by atoms with Gasteiger partial charge in [-0.3, -0.25) is 0 Å². The van der Waals surface area contributed by atoms with Crippen molar-refractivity contribution in [2.45, 2.75) is 32.8 Å². The molecule has 0 radical (unpaired) electrons. The normalized spacial score (nSPS) is 11.7. The van der Waals surface area contributed by atoms with Crippen LogP contribution in [0.2, 0.25) is 0 Å². The summed E-state index contributed by atoms with van der Waals surface area (Å²) in [6.07, 6.45) is 1.10. The first-order valence-corrected chi connectivity index (χ1v) is 3.47. The summed E-state index contributed by atoms with van der Waals surface area (Å²) in [6.45, 7) is 6.33. The standard InChI is InChI=1S/C5H11O.Zr/c1-4-5(2,3)6;/h4H2,1-3H3;/q-1;+1. The van der Waals surface area contributed by atoms with Crippen molar-refractivity contribution in [2.75, 3.05) is 0 Å². The molecule has 0 N–H and O–H groups in total. The molecule has 0 aliphatic carbocycles. The molecule has 0 spiro atoms. The topological polar surface area (TPSA) is 9.23 Å². The quantitative estimate of drug-likeness (QED) is 0.625. The Kier molecular flexibility index (Phi) is 3.35. The summed E-state index contributed by atoms with van der Waals surface area (Å²) in [5, 5.41) is 0. The van der Waals surface area contributed by atoms with Gasteiger partial charge in [0.2, 0.25) is 0 Å². The Morgan fingerprint density at radius 1 is 1.57 bits per heavy atom. The summed E-state index contributed by atoms with van der Waals surface area (Å²) < 4.78 is 5.18. The third-order valence-electron chi connectivity index (χ3n) is 1.13. The molecule has 0 aromatic rings. The average Bonchev–Trinajstić information content (AvgIpc) is 1.68. The van der Waals surface area contributed by atoms with Crippen molar-refractivity contribution in [3.05, 3.63) is 0 Å². The predicted octanol–water partition coefficient (Wildman–Crippen LogP) is 1.65. The minimum absolute atomic E-state index is 0.123. The summed E-state index contributed by atoms with van der Waals surface area (Å²) >= 11 is 1.17. The van der Waals surface area contributed by atoms with E-state index in [1.807, 2.05) is 0 Å². The SMILES string of the molecule is CCC(C)(C)[O][Zr]. The van der Waals surface area contributed by atoms with Crippen LogP contribution in [0.25, 0.3) is 0 Å². The van der Waals surface area contributed by atoms with E-state index in [9.17, 15) is 0 Å². The number of hydrogen-bond acceptors (Lipinski definition) is 1. The molecule has 0 atom stereocenters. The first-order valence-electron chi connectivity index (χ1n) is 2.47. The zero-order chi connectivity index (χ0) is 5.91. The average molecular weight is 178 g/mol.